The van der Waals surface area contributed by atoms with Gasteiger partial charge in [0, 0.05) is 45.6 Å². The molecular formula is C14H20N4O2. The molecule has 108 valence electrons. The zero-order chi connectivity index (χ0) is 14.4. The lowest BCUT2D eigenvalue weighted by Gasteiger charge is -2.23. The lowest BCUT2D eigenvalue weighted by molar-refractivity contribution is -0.151. The molecule has 0 saturated carbocycles. The SMILES string of the molecule is CN(Cc1cccnc1)C(=O)C(=O)N1CCCNCC1. The van der Waals surface area contributed by atoms with Gasteiger partial charge in [-0.15, -0.1) is 0 Å². The highest BCUT2D eigenvalue weighted by molar-refractivity contribution is 6.34. The van der Waals surface area contributed by atoms with Crippen molar-refractivity contribution in [3.63, 3.8) is 0 Å². The molecule has 0 spiro atoms. The molecule has 1 aromatic heterocycles. The summed E-state index contributed by atoms with van der Waals surface area (Å²) in [7, 11) is 1.64. The largest absolute Gasteiger partial charge is 0.333 e. The molecule has 6 heteroatoms. The van der Waals surface area contributed by atoms with Crippen molar-refractivity contribution >= 4 is 11.8 Å². The number of nitrogens with zero attached hydrogens (tertiary/aromatic N) is 3. The highest BCUT2D eigenvalue weighted by Gasteiger charge is 2.25. The third-order valence-electron chi connectivity index (χ3n) is 3.30. The summed E-state index contributed by atoms with van der Waals surface area (Å²) in [5.41, 5.74) is 0.911. The predicted molar refractivity (Wildman–Crippen MR) is 74.8 cm³/mol. The monoisotopic (exact) mass is 276 g/mol. The molecule has 1 N–H and O–H groups in total. The molecule has 0 unspecified atom stereocenters. The molecule has 0 aliphatic carbocycles. The summed E-state index contributed by atoms with van der Waals surface area (Å²) in [5, 5.41) is 3.21. The summed E-state index contributed by atoms with van der Waals surface area (Å²) in [4.78, 5) is 31.4. The maximum Gasteiger partial charge on any atom is 0.312 e. The van der Waals surface area contributed by atoms with E-state index in [1.807, 2.05) is 12.1 Å². The van der Waals surface area contributed by atoms with E-state index in [9.17, 15) is 9.59 Å². The minimum Gasteiger partial charge on any atom is -0.333 e. The first-order valence-corrected chi connectivity index (χ1v) is 6.82. The highest BCUT2D eigenvalue weighted by Crippen LogP contribution is 2.04. The van der Waals surface area contributed by atoms with Gasteiger partial charge in [-0.3, -0.25) is 14.6 Å². The Morgan fingerprint density at radius 3 is 3.00 bits per heavy atom. The van der Waals surface area contributed by atoms with Gasteiger partial charge in [-0.05, 0) is 24.6 Å². The van der Waals surface area contributed by atoms with Crippen LogP contribution in [0.15, 0.2) is 24.5 Å². The average molecular weight is 276 g/mol. The van der Waals surface area contributed by atoms with E-state index in [2.05, 4.69) is 10.3 Å². The Hall–Kier alpha value is -1.95. The van der Waals surface area contributed by atoms with Gasteiger partial charge in [0.25, 0.3) is 0 Å². The summed E-state index contributed by atoms with van der Waals surface area (Å²) in [5.74, 6) is -0.879. The number of hydrogen-bond donors (Lipinski definition) is 1. The standard InChI is InChI=1S/C14H20N4O2/c1-17(11-12-4-2-5-16-10-12)13(19)14(20)18-8-3-6-15-7-9-18/h2,4-5,10,15H,3,6-9,11H2,1H3. The van der Waals surface area contributed by atoms with Crippen LogP contribution in [0.4, 0.5) is 0 Å². The molecule has 1 aliphatic rings. The van der Waals surface area contributed by atoms with Crippen LogP contribution >= 0.6 is 0 Å². The summed E-state index contributed by atoms with van der Waals surface area (Å²) in [6.07, 6.45) is 4.26. The Kier molecular flexibility index (Phi) is 5.06. The number of carbonyl (C=O) groups excluding carboxylic acids is 2. The second-order valence-electron chi connectivity index (χ2n) is 4.92. The Morgan fingerprint density at radius 2 is 2.25 bits per heavy atom. The van der Waals surface area contributed by atoms with Crippen molar-refractivity contribution in [2.45, 2.75) is 13.0 Å². The van der Waals surface area contributed by atoms with Gasteiger partial charge in [0.1, 0.15) is 0 Å². The second-order valence-corrected chi connectivity index (χ2v) is 4.92. The zero-order valence-corrected chi connectivity index (χ0v) is 11.7. The van der Waals surface area contributed by atoms with Crippen molar-refractivity contribution in [3.05, 3.63) is 30.1 Å². The van der Waals surface area contributed by atoms with Crippen molar-refractivity contribution in [2.24, 2.45) is 0 Å². The van der Waals surface area contributed by atoms with Crippen LogP contribution in [-0.2, 0) is 16.1 Å². The Morgan fingerprint density at radius 1 is 1.40 bits per heavy atom. The van der Waals surface area contributed by atoms with Crippen molar-refractivity contribution in [3.8, 4) is 0 Å². The van der Waals surface area contributed by atoms with Crippen molar-refractivity contribution in [1.82, 2.24) is 20.1 Å². The van der Waals surface area contributed by atoms with Crippen LogP contribution in [0.2, 0.25) is 0 Å². The Balaban J connectivity index is 1.93. The second kappa shape index (κ2) is 7.00. The minimum absolute atomic E-state index is 0.393. The topological polar surface area (TPSA) is 65.5 Å². The number of pyridine rings is 1. The van der Waals surface area contributed by atoms with E-state index in [1.54, 1.807) is 24.3 Å². The Bertz CT molecular complexity index is 456. The molecule has 20 heavy (non-hydrogen) atoms. The summed E-state index contributed by atoms with van der Waals surface area (Å²) in [6, 6.07) is 3.70. The van der Waals surface area contributed by atoms with Gasteiger partial charge >= 0.3 is 11.8 Å². The molecule has 0 radical (unpaired) electrons. The summed E-state index contributed by atoms with van der Waals surface area (Å²) >= 11 is 0. The van der Waals surface area contributed by atoms with Gasteiger partial charge in [0.05, 0.1) is 0 Å². The molecule has 2 heterocycles. The number of aromatic nitrogens is 1. The lowest BCUT2D eigenvalue weighted by Crippen LogP contribution is -2.44. The number of nitrogens with one attached hydrogen (secondary N) is 1. The number of hydrogen-bond acceptors (Lipinski definition) is 4. The molecule has 1 saturated heterocycles. The highest BCUT2D eigenvalue weighted by atomic mass is 16.2. The molecule has 1 aromatic rings. The van der Waals surface area contributed by atoms with Crippen molar-refractivity contribution in [2.75, 3.05) is 33.2 Å². The van der Waals surface area contributed by atoms with Crippen LogP contribution in [0.3, 0.4) is 0 Å². The lowest BCUT2D eigenvalue weighted by atomic mass is 10.2. The molecule has 0 bridgehead atoms. The summed E-state index contributed by atoms with van der Waals surface area (Å²) in [6.45, 7) is 3.25. The first-order chi connectivity index (χ1) is 9.68. The maximum atomic E-state index is 12.2. The van der Waals surface area contributed by atoms with Gasteiger partial charge in [0.2, 0.25) is 0 Å². The quantitative estimate of drug-likeness (QED) is 0.764. The molecule has 1 fully saturated rings. The van der Waals surface area contributed by atoms with Gasteiger partial charge in [-0.25, -0.2) is 0 Å². The van der Waals surface area contributed by atoms with Crippen LogP contribution in [0.5, 0.6) is 0 Å². The van der Waals surface area contributed by atoms with Crippen LogP contribution in [0.25, 0.3) is 0 Å². The van der Waals surface area contributed by atoms with E-state index in [4.69, 9.17) is 0 Å². The van der Waals surface area contributed by atoms with Gasteiger partial charge in [-0.2, -0.15) is 0 Å². The number of carbonyl (C=O) groups is 2. The van der Waals surface area contributed by atoms with Gasteiger partial charge in [0.15, 0.2) is 0 Å². The summed E-state index contributed by atoms with van der Waals surface area (Å²) < 4.78 is 0. The molecule has 2 rings (SSSR count). The first-order valence-electron chi connectivity index (χ1n) is 6.82. The number of likely N-dealkylation sites (N-methyl/N-ethyl adjacent to an activating group) is 1. The van der Waals surface area contributed by atoms with Crippen molar-refractivity contribution < 1.29 is 9.59 Å². The third-order valence-corrected chi connectivity index (χ3v) is 3.30. The van der Waals surface area contributed by atoms with Crippen LogP contribution in [0.1, 0.15) is 12.0 Å². The third kappa shape index (κ3) is 3.77. The maximum absolute atomic E-state index is 12.2. The van der Waals surface area contributed by atoms with Crippen LogP contribution in [0, 0.1) is 0 Å². The molecule has 0 atom stereocenters. The fourth-order valence-electron chi connectivity index (χ4n) is 2.18. The van der Waals surface area contributed by atoms with E-state index < -0.39 is 11.8 Å². The first kappa shape index (κ1) is 14.5. The number of amides is 2. The molecular weight excluding hydrogens is 256 g/mol. The van der Waals surface area contributed by atoms with E-state index in [-0.39, 0.29) is 0 Å². The smallest absolute Gasteiger partial charge is 0.312 e. The predicted octanol–water partition coefficient (Wildman–Crippen LogP) is -0.138. The van der Waals surface area contributed by atoms with E-state index >= 15 is 0 Å². The van der Waals surface area contributed by atoms with E-state index in [0.29, 0.717) is 19.6 Å². The Labute approximate surface area is 118 Å². The average Bonchev–Trinajstić information content (AvgIpc) is 2.75. The minimum atomic E-state index is -0.462. The van der Waals surface area contributed by atoms with Gasteiger partial charge < -0.3 is 15.1 Å². The zero-order valence-electron chi connectivity index (χ0n) is 11.7. The van der Waals surface area contributed by atoms with Crippen molar-refractivity contribution in [1.29, 1.82) is 0 Å². The normalized spacial score (nSPS) is 15.6. The molecule has 6 nitrogen and oxygen atoms in total. The molecule has 2 amide bonds. The fourth-order valence-corrected chi connectivity index (χ4v) is 2.18. The van der Waals surface area contributed by atoms with Crippen LogP contribution in [-0.4, -0.2) is 59.8 Å². The number of rotatable bonds is 2. The molecule has 0 aromatic carbocycles. The van der Waals surface area contributed by atoms with E-state index in [1.165, 1.54) is 4.90 Å². The van der Waals surface area contributed by atoms with E-state index in [0.717, 1.165) is 25.1 Å². The van der Waals surface area contributed by atoms with Gasteiger partial charge in [-0.1, -0.05) is 6.07 Å². The van der Waals surface area contributed by atoms with Crippen LogP contribution < -0.4 is 5.32 Å². The fraction of sp³-hybridized carbons (Fsp3) is 0.500. The molecule has 1 aliphatic heterocycles.